The zero-order valence-corrected chi connectivity index (χ0v) is 15.8. The van der Waals surface area contributed by atoms with Crippen molar-refractivity contribution in [2.75, 3.05) is 17.2 Å². The van der Waals surface area contributed by atoms with Crippen molar-refractivity contribution in [3.05, 3.63) is 64.5 Å². The van der Waals surface area contributed by atoms with Gasteiger partial charge in [-0.05, 0) is 36.4 Å². The molecule has 3 rings (SSSR count). The van der Waals surface area contributed by atoms with E-state index in [1.54, 1.807) is 24.3 Å². The number of ketones is 1. The minimum Gasteiger partial charge on any atom is -0.485 e. The number of carbonyl (C=O) groups is 3. The maximum atomic E-state index is 12.6. The van der Waals surface area contributed by atoms with Crippen molar-refractivity contribution >= 4 is 39.9 Å². The molecule has 0 aliphatic rings. The van der Waals surface area contributed by atoms with E-state index in [-0.39, 0.29) is 35.5 Å². The maximum absolute atomic E-state index is 12.6. The molecule has 2 aromatic carbocycles. The van der Waals surface area contributed by atoms with E-state index in [4.69, 9.17) is 9.15 Å². The molecule has 2 N–H and O–H groups in total. The molecule has 0 fully saturated rings. The van der Waals surface area contributed by atoms with Crippen LogP contribution in [0.1, 0.15) is 24.2 Å². The van der Waals surface area contributed by atoms with E-state index in [9.17, 15) is 19.2 Å². The highest BCUT2D eigenvalue weighted by Crippen LogP contribution is 2.23. The van der Waals surface area contributed by atoms with E-state index in [0.29, 0.717) is 17.0 Å². The van der Waals surface area contributed by atoms with Gasteiger partial charge in [-0.15, -0.1) is 0 Å². The lowest BCUT2D eigenvalue weighted by molar-refractivity contribution is -0.115. The van der Waals surface area contributed by atoms with Crippen molar-refractivity contribution < 1.29 is 23.5 Å². The van der Waals surface area contributed by atoms with Gasteiger partial charge in [0.25, 0.3) is 0 Å². The third kappa shape index (κ3) is 5.07. The molecule has 0 aliphatic carbocycles. The molecule has 0 bridgehead atoms. The van der Waals surface area contributed by atoms with Crippen molar-refractivity contribution in [1.82, 2.24) is 0 Å². The van der Waals surface area contributed by atoms with Gasteiger partial charge in [0.2, 0.25) is 17.6 Å². The SMILES string of the molecule is CC(=O)Nc1ccc(C(=O)COc2ccc3ccc(=O)oc3c2)c(NC(C)=O)c1. The number of Topliss-reactive ketones (excluding diaryl/α,β-unsaturated/α-hetero) is 1. The fourth-order valence-electron chi connectivity index (χ4n) is 2.72. The summed E-state index contributed by atoms with van der Waals surface area (Å²) in [5, 5.41) is 5.90. The highest BCUT2D eigenvalue weighted by molar-refractivity contribution is 6.06. The number of carbonyl (C=O) groups excluding carboxylic acids is 3. The molecule has 0 radical (unpaired) electrons. The molecule has 0 unspecified atom stereocenters. The van der Waals surface area contributed by atoms with Crippen LogP contribution >= 0.6 is 0 Å². The van der Waals surface area contributed by atoms with Crippen LogP contribution in [0.3, 0.4) is 0 Å². The zero-order chi connectivity index (χ0) is 21.0. The second-order valence-electron chi connectivity index (χ2n) is 6.29. The van der Waals surface area contributed by atoms with Gasteiger partial charge in [0.05, 0.1) is 5.69 Å². The first-order valence-corrected chi connectivity index (χ1v) is 8.71. The standard InChI is InChI=1S/C21H18N2O6/c1-12(24)22-15-5-7-17(18(9-15)23-13(2)25)19(26)11-28-16-6-3-14-4-8-21(27)29-20(14)10-16/h3-10H,11H2,1-2H3,(H,22,24)(H,23,25). The molecule has 1 heterocycles. The summed E-state index contributed by atoms with van der Waals surface area (Å²) in [4.78, 5) is 46.7. The lowest BCUT2D eigenvalue weighted by Crippen LogP contribution is -2.17. The molecule has 148 valence electrons. The van der Waals surface area contributed by atoms with E-state index < -0.39 is 5.63 Å². The molecule has 0 aliphatic heterocycles. The van der Waals surface area contributed by atoms with Gasteiger partial charge < -0.3 is 19.8 Å². The van der Waals surface area contributed by atoms with Crippen LogP contribution < -0.4 is 21.0 Å². The van der Waals surface area contributed by atoms with Crippen LogP contribution in [0.25, 0.3) is 11.0 Å². The second kappa shape index (κ2) is 8.39. The number of anilines is 2. The van der Waals surface area contributed by atoms with Crippen molar-refractivity contribution in [1.29, 1.82) is 0 Å². The Morgan fingerprint density at radius 3 is 2.38 bits per heavy atom. The topological polar surface area (TPSA) is 115 Å². The summed E-state index contributed by atoms with van der Waals surface area (Å²) in [5.41, 5.74) is 0.817. The molecule has 0 saturated heterocycles. The minimum atomic E-state index is -0.482. The van der Waals surface area contributed by atoms with E-state index in [1.807, 2.05) is 0 Å². The summed E-state index contributed by atoms with van der Waals surface area (Å²) in [6.07, 6.45) is 0. The van der Waals surface area contributed by atoms with E-state index in [2.05, 4.69) is 10.6 Å². The summed E-state index contributed by atoms with van der Waals surface area (Å²) in [5.74, 6) is -0.650. The summed E-state index contributed by atoms with van der Waals surface area (Å²) >= 11 is 0. The predicted molar refractivity (Wildman–Crippen MR) is 107 cm³/mol. The number of ether oxygens (including phenoxy) is 1. The molecule has 0 spiro atoms. The van der Waals surface area contributed by atoms with Crippen molar-refractivity contribution in [2.45, 2.75) is 13.8 Å². The summed E-state index contributed by atoms with van der Waals surface area (Å²) in [6.45, 7) is 2.38. The van der Waals surface area contributed by atoms with Crippen molar-refractivity contribution in [3.63, 3.8) is 0 Å². The number of rotatable bonds is 6. The molecule has 0 atom stereocenters. The Labute approximate surface area is 165 Å². The van der Waals surface area contributed by atoms with Crippen LogP contribution in [0, 0.1) is 0 Å². The Morgan fingerprint density at radius 2 is 1.66 bits per heavy atom. The summed E-state index contributed by atoms with van der Waals surface area (Å²) in [6, 6.07) is 12.4. The van der Waals surface area contributed by atoms with Gasteiger partial charge >= 0.3 is 5.63 Å². The lowest BCUT2D eigenvalue weighted by Gasteiger charge is -2.12. The first kappa shape index (κ1) is 19.8. The monoisotopic (exact) mass is 394 g/mol. The van der Waals surface area contributed by atoms with Crippen LogP contribution in [0.4, 0.5) is 11.4 Å². The second-order valence-corrected chi connectivity index (χ2v) is 6.29. The Hall–Kier alpha value is -3.94. The first-order chi connectivity index (χ1) is 13.8. The molecule has 8 heteroatoms. The highest BCUT2D eigenvalue weighted by Gasteiger charge is 2.15. The normalized spacial score (nSPS) is 10.4. The molecule has 1 aromatic heterocycles. The smallest absolute Gasteiger partial charge is 0.336 e. The third-order valence-electron chi connectivity index (χ3n) is 3.92. The molecule has 2 amide bonds. The largest absolute Gasteiger partial charge is 0.485 e. The summed E-state index contributed by atoms with van der Waals surface area (Å²) < 4.78 is 10.6. The Kier molecular flexibility index (Phi) is 5.73. The molecule has 8 nitrogen and oxygen atoms in total. The number of nitrogens with one attached hydrogen (secondary N) is 2. The average Bonchev–Trinajstić information content (AvgIpc) is 2.65. The number of hydrogen-bond acceptors (Lipinski definition) is 6. The van der Waals surface area contributed by atoms with E-state index >= 15 is 0 Å². The van der Waals surface area contributed by atoms with Gasteiger partial charge in [-0.2, -0.15) is 0 Å². The third-order valence-corrected chi connectivity index (χ3v) is 3.92. The molecular weight excluding hydrogens is 376 g/mol. The van der Waals surface area contributed by atoms with E-state index in [1.165, 1.54) is 38.1 Å². The predicted octanol–water partition coefficient (Wildman–Crippen LogP) is 2.97. The quantitative estimate of drug-likeness (QED) is 0.491. The maximum Gasteiger partial charge on any atom is 0.336 e. The van der Waals surface area contributed by atoms with E-state index in [0.717, 1.165) is 5.39 Å². The van der Waals surface area contributed by atoms with Crippen molar-refractivity contribution in [3.8, 4) is 5.75 Å². The van der Waals surface area contributed by atoms with Gasteiger partial charge in [-0.1, -0.05) is 0 Å². The van der Waals surface area contributed by atoms with Crippen LogP contribution in [-0.4, -0.2) is 24.2 Å². The fourth-order valence-corrected chi connectivity index (χ4v) is 2.72. The minimum absolute atomic E-state index is 0.238. The zero-order valence-electron chi connectivity index (χ0n) is 15.8. The number of benzene rings is 2. The van der Waals surface area contributed by atoms with Gasteiger partial charge in [-0.3, -0.25) is 14.4 Å². The van der Waals surface area contributed by atoms with Gasteiger partial charge in [0.15, 0.2) is 6.61 Å². The van der Waals surface area contributed by atoms with Crippen LogP contribution in [0.15, 0.2) is 57.7 Å². The lowest BCUT2D eigenvalue weighted by atomic mass is 10.1. The van der Waals surface area contributed by atoms with Crippen LogP contribution in [-0.2, 0) is 9.59 Å². The molecule has 29 heavy (non-hydrogen) atoms. The van der Waals surface area contributed by atoms with Crippen molar-refractivity contribution in [2.24, 2.45) is 0 Å². The van der Waals surface area contributed by atoms with Crippen LogP contribution in [0.5, 0.6) is 5.75 Å². The number of fused-ring (bicyclic) bond motifs is 1. The van der Waals surface area contributed by atoms with Gasteiger partial charge in [0.1, 0.15) is 11.3 Å². The summed E-state index contributed by atoms with van der Waals surface area (Å²) in [7, 11) is 0. The molecule has 3 aromatic rings. The van der Waals surface area contributed by atoms with Gasteiger partial charge in [-0.25, -0.2) is 4.79 Å². The average molecular weight is 394 g/mol. The number of hydrogen-bond donors (Lipinski definition) is 2. The highest BCUT2D eigenvalue weighted by atomic mass is 16.5. The Bertz CT molecular complexity index is 1170. The number of amides is 2. The van der Waals surface area contributed by atoms with Crippen LogP contribution in [0.2, 0.25) is 0 Å². The molecule has 0 saturated carbocycles. The first-order valence-electron chi connectivity index (χ1n) is 8.71. The van der Waals surface area contributed by atoms with Gasteiger partial charge in [0, 0.05) is 42.6 Å². The molecular formula is C21H18N2O6. The fraction of sp³-hybridized carbons (Fsp3) is 0.143. The Balaban J connectivity index is 1.79. The Morgan fingerprint density at radius 1 is 0.931 bits per heavy atom.